The molecule has 1 aliphatic carbocycles. The van der Waals surface area contributed by atoms with Gasteiger partial charge in [-0.3, -0.25) is 4.79 Å². The number of hydrogen-bond donors (Lipinski definition) is 1. The van der Waals surface area contributed by atoms with Crippen LogP contribution in [0, 0.1) is 5.92 Å². The van der Waals surface area contributed by atoms with E-state index in [4.69, 9.17) is 10.5 Å². The zero-order valence-electron chi connectivity index (χ0n) is 15.8. The van der Waals surface area contributed by atoms with E-state index in [-0.39, 0.29) is 30.7 Å². The van der Waals surface area contributed by atoms with Crippen LogP contribution >= 0.6 is 24.8 Å². The van der Waals surface area contributed by atoms with Crippen molar-refractivity contribution in [2.45, 2.75) is 45.0 Å². The number of nitrogens with zero attached hydrogens (tertiary/aromatic N) is 2. The molecule has 0 amide bonds. The smallest absolute Gasteiger partial charge is 0.416 e. The summed E-state index contributed by atoms with van der Waals surface area (Å²) in [6, 6.07) is 5.80. The van der Waals surface area contributed by atoms with Gasteiger partial charge in [0.2, 0.25) is 0 Å². The summed E-state index contributed by atoms with van der Waals surface area (Å²) >= 11 is 0. The van der Waals surface area contributed by atoms with Crippen LogP contribution in [0.15, 0.2) is 30.3 Å². The Bertz CT molecular complexity index is 863. The second-order valence-electron chi connectivity index (χ2n) is 6.97. The number of alkyl halides is 3. The average molecular weight is 452 g/mol. The average Bonchev–Trinajstić information content (AvgIpc) is 2.60. The number of carbonyl (C=O) groups excluding carboxylic acids is 1. The first-order valence-corrected chi connectivity index (χ1v) is 8.65. The fourth-order valence-electron chi connectivity index (χ4n) is 3.13. The summed E-state index contributed by atoms with van der Waals surface area (Å²) in [6.45, 7) is 3.55. The molecular formula is C19H22Cl2F3N3O2. The number of carbonyl (C=O) groups is 1. The van der Waals surface area contributed by atoms with Gasteiger partial charge in [-0.05, 0) is 43.9 Å². The summed E-state index contributed by atoms with van der Waals surface area (Å²) < 4.78 is 44.4. The molecule has 1 aliphatic rings. The number of esters is 1. The third-order valence-electron chi connectivity index (χ3n) is 4.52. The van der Waals surface area contributed by atoms with Gasteiger partial charge in [0.05, 0.1) is 17.0 Å². The monoisotopic (exact) mass is 451 g/mol. The van der Waals surface area contributed by atoms with Crippen LogP contribution in [0.4, 0.5) is 13.2 Å². The van der Waals surface area contributed by atoms with E-state index >= 15 is 0 Å². The Balaban J connectivity index is 0.00000210. The number of rotatable bonds is 3. The van der Waals surface area contributed by atoms with Gasteiger partial charge in [-0.1, -0.05) is 19.1 Å². The van der Waals surface area contributed by atoms with Crippen LogP contribution in [0.2, 0.25) is 0 Å². The lowest BCUT2D eigenvalue weighted by atomic mass is 9.85. The van der Waals surface area contributed by atoms with E-state index in [2.05, 4.69) is 10.2 Å². The van der Waals surface area contributed by atoms with E-state index in [1.54, 1.807) is 12.1 Å². The van der Waals surface area contributed by atoms with Crippen LogP contribution in [0.5, 0.6) is 0 Å². The Labute approximate surface area is 179 Å². The molecule has 0 radical (unpaired) electrons. The molecule has 0 fully saturated rings. The summed E-state index contributed by atoms with van der Waals surface area (Å²) in [5.41, 5.74) is 6.78. The Morgan fingerprint density at radius 1 is 1.24 bits per heavy atom. The highest BCUT2D eigenvalue weighted by Crippen LogP contribution is 2.37. The topological polar surface area (TPSA) is 78.1 Å². The lowest BCUT2D eigenvalue weighted by molar-refractivity contribution is -0.152. The van der Waals surface area contributed by atoms with Crippen molar-refractivity contribution in [2.75, 3.05) is 0 Å². The lowest BCUT2D eigenvalue weighted by Crippen LogP contribution is -2.32. The number of benzene rings is 1. The maximum Gasteiger partial charge on any atom is 0.416 e. The minimum absolute atomic E-state index is 0. The van der Waals surface area contributed by atoms with E-state index in [9.17, 15) is 18.0 Å². The first kappa shape index (κ1) is 25.1. The van der Waals surface area contributed by atoms with E-state index in [1.807, 2.05) is 6.92 Å². The molecule has 0 aliphatic heterocycles. The van der Waals surface area contributed by atoms with Crippen molar-refractivity contribution in [3.05, 3.63) is 47.2 Å². The second kappa shape index (κ2) is 9.73. The molecule has 10 heteroatoms. The minimum Gasteiger partial charge on any atom is -0.456 e. The van der Waals surface area contributed by atoms with Crippen LogP contribution < -0.4 is 5.73 Å². The SMILES string of the molecule is CC1Cc2nnc(-c3cccc(C(F)(F)F)c3)cc2C(OC(=O)[C@H](C)N)C1.Cl.Cl. The Kier molecular flexibility index (Phi) is 8.44. The van der Waals surface area contributed by atoms with Crippen LogP contribution in [0.1, 0.15) is 43.2 Å². The van der Waals surface area contributed by atoms with Gasteiger partial charge in [0.25, 0.3) is 0 Å². The molecule has 2 aromatic rings. The van der Waals surface area contributed by atoms with E-state index < -0.39 is 29.9 Å². The van der Waals surface area contributed by atoms with Gasteiger partial charge in [0.15, 0.2) is 0 Å². The van der Waals surface area contributed by atoms with Crippen molar-refractivity contribution in [3.8, 4) is 11.3 Å². The second-order valence-corrected chi connectivity index (χ2v) is 6.97. The third-order valence-corrected chi connectivity index (χ3v) is 4.52. The Morgan fingerprint density at radius 3 is 2.55 bits per heavy atom. The molecule has 0 saturated heterocycles. The summed E-state index contributed by atoms with van der Waals surface area (Å²) in [7, 11) is 0. The normalized spacial score (nSPS) is 19.2. The molecule has 3 atom stereocenters. The number of hydrogen-bond acceptors (Lipinski definition) is 5. The summed E-state index contributed by atoms with van der Waals surface area (Å²) in [5.74, 6) is -0.297. The van der Waals surface area contributed by atoms with Crippen molar-refractivity contribution in [1.29, 1.82) is 0 Å². The molecule has 3 rings (SSSR count). The predicted octanol–water partition coefficient (Wildman–Crippen LogP) is 4.52. The summed E-state index contributed by atoms with van der Waals surface area (Å²) in [6.07, 6.45) is -3.72. The number of halogens is 5. The molecule has 1 heterocycles. The fraction of sp³-hybridized carbons (Fsp3) is 0.421. The van der Waals surface area contributed by atoms with E-state index in [1.165, 1.54) is 13.0 Å². The van der Waals surface area contributed by atoms with Crippen molar-refractivity contribution in [1.82, 2.24) is 10.2 Å². The van der Waals surface area contributed by atoms with Gasteiger partial charge in [0.1, 0.15) is 12.1 Å². The molecule has 2 unspecified atom stereocenters. The predicted molar refractivity (Wildman–Crippen MR) is 107 cm³/mol. The van der Waals surface area contributed by atoms with Gasteiger partial charge in [-0.25, -0.2) is 0 Å². The van der Waals surface area contributed by atoms with E-state index in [0.29, 0.717) is 35.4 Å². The minimum atomic E-state index is -4.44. The van der Waals surface area contributed by atoms with Crippen molar-refractivity contribution >= 4 is 30.8 Å². The maximum absolute atomic E-state index is 13.0. The molecule has 5 nitrogen and oxygen atoms in total. The Hall–Kier alpha value is -1.90. The van der Waals surface area contributed by atoms with Crippen LogP contribution in [-0.2, 0) is 22.1 Å². The number of fused-ring (bicyclic) bond motifs is 1. The highest BCUT2D eigenvalue weighted by Gasteiger charge is 2.32. The molecule has 160 valence electrons. The fourth-order valence-corrected chi connectivity index (χ4v) is 3.13. The molecule has 0 saturated carbocycles. The van der Waals surface area contributed by atoms with Gasteiger partial charge < -0.3 is 10.5 Å². The zero-order chi connectivity index (χ0) is 19.8. The molecule has 0 spiro atoms. The third kappa shape index (κ3) is 5.81. The highest BCUT2D eigenvalue weighted by molar-refractivity contribution is 5.85. The molecule has 2 N–H and O–H groups in total. The van der Waals surface area contributed by atoms with E-state index in [0.717, 1.165) is 12.1 Å². The van der Waals surface area contributed by atoms with Gasteiger partial charge in [-0.15, -0.1) is 24.8 Å². The van der Waals surface area contributed by atoms with Crippen molar-refractivity contribution < 1.29 is 22.7 Å². The Morgan fingerprint density at radius 2 is 1.93 bits per heavy atom. The quantitative estimate of drug-likeness (QED) is 0.693. The number of aromatic nitrogens is 2. The van der Waals surface area contributed by atoms with Crippen LogP contribution in [0.3, 0.4) is 0 Å². The highest BCUT2D eigenvalue weighted by atomic mass is 35.5. The zero-order valence-corrected chi connectivity index (χ0v) is 17.4. The molecule has 1 aromatic carbocycles. The summed E-state index contributed by atoms with van der Waals surface area (Å²) in [5, 5.41) is 8.27. The number of nitrogens with two attached hydrogens (primary N) is 1. The van der Waals surface area contributed by atoms with Gasteiger partial charge in [-0.2, -0.15) is 23.4 Å². The molecular weight excluding hydrogens is 430 g/mol. The van der Waals surface area contributed by atoms with Gasteiger partial charge >= 0.3 is 12.1 Å². The standard InChI is InChI=1S/C19H20F3N3O2.2ClH/c1-10-6-16-14(17(7-10)27-18(26)11(2)23)9-15(24-25-16)12-4-3-5-13(8-12)19(20,21)22;;/h3-5,8-11,17H,6-7,23H2,1-2H3;2*1H/t10?,11-,17?;;/m0../s1. The summed E-state index contributed by atoms with van der Waals surface area (Å²) in [4.78, 5) is 11.9. The van der Waals surface area contributed by atoms with Crippen LogP contribution in [-0.4, -0.2) is 22.2 Å². The number of ether oxygens (including phenoxy) is 1. The lowest BCUT2D eigenvalue weighted by Gasteiger charge is -2.29. The molecule has 1 aromatic heterocycles. The first-order valence-electron chi connectivity index (χ1n) is 8.65. The molecule has 0 bridgehead atoms. The first-order chi connectivity index (χ1) is 12.6. The van der Waals surface area contributed by atoms with Crippen LogP contribution in [0.25, 0.3) is 11.3 Å². The van der Waals surface area contributed by atoms with Gasteiger partial charge in [0, 0.05) is 11.1 Å². The van der Waals surface area contributed by atoms with Crippen molar-refractivity contribution in [2.24, 2.45) is 11.7 Å². The molecule has 29 heavy (non-hydrogen) atoms. The van der Waals surface area contributed by atoms with Crippen molar-refractivity contribution in [3.63, 3.8) is 0 Å². The maximum atomic E-state index is 13.0. The largest absolute Gasteiger partial charge is 0.456 e.